The summed E-state index contributed by atoms with van der Waals surface area (Å²) in [6.45, 7) is 2.13. The maximum Gasteiger partial charge on any atom is 0.307 e. The second kappa shape index (κ2) is 5.17. The molecule has 0 bridgehead atoms. The van der Waals surface area contributed by atoms with E-state index in [0.29, 0.717) is 17.0 Å². The first-order chi connectivity index (χ1) is 6.63. The minimum absolute atomic E-state index is 0.133. The molecule has 5 heteroatoms. The first-order valence-electron chi connectivity index (χ1n) is 4.30. The van der Waals surface area contributed by atoms with Crippen molar-refractivity contribution in [2.75, 3.05) is 6.61 Å². The Morgan fingerprint density at radius 1 is 1.71 bits per heavy atom. The van der Waals surface area contributed by atoms with Crippen LogP contribution in [-0.4, -0.2) is 12.6 Å². The lowest BCUT2D eigenvalue weighted by atomic mass is 10.2. The summed E-state index contributed by atoms with van der Waals surface area (Å²) in [5, 5.41) is 0. The normalized spacial score (nSPS) is 12.5. The van der Waals surface area contributed by atoms with Crippen molar-refractivity contribution < 1.29 is 13.9 Å². The van der Waals surface area contributed by atoms with Gasteiger partial charge in [0.15, 0.2) is 4.67 Å². The van der Waals surface area contributed by atoms with Crippen LogP contribution >= 0.6 is 15.9 Å². The van der Waals surface area contributed by atoms with Gasteiger partial charge >= 0.3 is 5.97 Å². The fourth-order valence-electron chi connectivity index (χ4n) is 1.03. The van der Waals surface area contributed by atoms with Crippen molar-refractivity contribution in [2.45, 2.75) is 19.4 Å². The highest BCUT2D eigenvalue weighted by Gasteiger charge is 2.15. The van der Waals surface area contributed by atoms with Gasteiger partial charge in [0, 0.05) is 0 Å². The maximum atomic E-state index is 11.1. The molecule has 0 aliphatic rings. The largest absolute Gasteiger partial charge is 0.466 e. The predicted molar refractivity (Wildman–Crippen MR) is 54.6 cm³/mol. The monoisotopic (exact) mass is 261 g/mol. The van der Waals surface area contributed by atoms with E-state index in [-0.39, 0.29) is 12.4 Å². The molecule has 0 unspecified atom stereocenters. The van der Waals surface area contributed by atoms with E-state index in [2.05, 4.69) is 15.9 Å². The summed E-state index contributed by atoms with van der Waals surface area (Å²) in [6.07, 6.45) is 0.133. The lowest BCUT2D eigenvalue weighted by molar-refractivity contribution is -0.143. The van der Waals surface area contributed by atoms with Crippen LogP contribution in [0.2, 0.25) is 0 Å². The van der Waals surface area contributed by atoms with Gasteiger partial charge in [0.1, 0.15) is 5.76 Å². The lowest BCUT2D eigenvalue weighted by Gasteiger charge is -2.07. The third-order valence-corrected chi connectivity index (χ3v) is 2.08. The molecule has 1 rings (SSSR count). The predicted octanol–water partition coefficient (Wildman–Crippen LogP) is 2.00. The van der Waals surface area contributed by atoms with Crippen LogP contribution in [0.15, 0.2) is 21.2 Å². The molecule has 1 aromatic heterocycles. The van der Waals surface area contributed by atoms with Crippen LogP contribution in [0, 0.1) is 0 Å². The summed E-state index contributed by atoms with van der Waals surface area (Å²) >= 11 is 3.16. The van der Waals surface area contributed by atoms with Gasteiger partial charge in [0.2, 0.25) is 0 Å². The van der Waals surface area contributed by atoms with Crippen LogP contribution in [-0.2, 0) is 9.53 Å². The van der Waals surface area contributed by atoms with Crippen molar-refractivity contribution in [3.05, 3.63) is 22.6 Å². The number of halogens is 1. The lowest BCUT2D eigenvalue weighted by Crippen LogP contribution is -2.16. The van der Waals surface area contributed by atoms with Crippen LogP contribution in [0.1, 0.15) is 25.1 Å². The van der Waals surface area contributed by atoms with Gasteiger partial charge in [-0.3, -0.25) is 4.79 Å². The molecular formula is C9H12BrNO3. The zero-order valence-corrected chi connectivity index (χ0v) is 9.41. The Bertz CT molecular complexity index is 311. The Kier molecular flexibility index (Phi) is 4.16. The molecule has 1 atom stereocenters. The van der Waals surface area contributed by atoms with E-state index in [1.54, 1.807) is 19.1 Å². The van der Waals surface area contributed by atoms with Crippen molar-refractivity contribution in [3.63, 3.8) is 0 Å². The summed E-state index contributed by atoms with van der Waals surface area (Å²) in [5.41, 5.74) is 5.72. The highest BCUT2D eigenvalue weighted by Crippen LogP contribution is 2.21. The quantitative estimate of drug-likeness (QED) is 0.843. The average Bonchev–Trinajstić information content (AvgIpc) is 2.52. The van der Waals surface area contributed by atoms with Gasteiger partial charge in [0.05, 0.1) is 19.1 Å². The van der Waals surface area contributed by atoms with E-state index in [4.69, 9.17) is 14.9 Å². The second-order valence-corrected chi connectivity index (χ2v) is 3.54. The van der Waals surface area contributed by atoms with Crippen molar-refractivity contribution in [1.82, 2.24) is 0 Å². The molecule has 0 saturated carbocycles. The number of carbonyl (C=O) groups excluding carboxylic acids is 1. The highest BCUT2D eigenvalue weighted by molar-refractivity contribution is 9.10. The van der Waals surface area contributed by atoms with Crippen LogP contribution in [0.4, 0.5) is 0 Å². The standard InChI is InChI=1S/C9H12BrNO3/c1-2-13-9(12)5-6(11)7-3-4-8(10)14-7/h3-4,6H,2,5,11H2,1H3/t6-/m1/s1. The molecule has 0 aromatic carbocycles. The van der Waals surface area contributed by atoms with Crippen LogP contribution in [0.3, 0.4) is 0 Å². The molecule has 1 heterocycles. The zero-order valence-electron chi connectivity index (χ0n) is 7.83. The van der Waals surface area contributed by atoms with Gasteiger partial charge < -0.3 is 14.9 Å². The first-order valence-corrected chi connectivity index (χ1v) is 5.09. The number of esters is 1. The molecule has 0 fully saturated rings. The summed E-state index contributed by atoms with van der Waals surface area (Å²) < 4.78 is 10.6. The van der Waals surface area contributed by atoms with Gasteiger partial charge in [-0.05, 0) is 35.0 Å². The minimum Gasteiger partial charge on any atom is -0.466 e. The topological polar surface area (TPSA) is 65.5 Å². The van der Waals surface area contributed by atoms with Gasteiger partial charge in [-0.25, -0.2) is 0 Å². The molecule has 14 heavy (non-hydrogen) atoms. The Balaban J connectivity index is 2.50. The smallest absolute Gasteiger partial charge is 0.307 e. The molecule has 0 radical (unpaired) electrons. The molecule has 0 amide bonds. The van der Waals surface area contributed by atoms with Crippen molar-refractivity contribution in [1.29, 1.82) is 0 Å². The number of rotatable bonds is 4. The SMILES string of the molecule is CCOC(=O)C[C@@H](N)c1ccc(Br)o1. The van der Waals surface area contributed by atoms with E-state index in [1.807, 2.05) is 0 Å². The van der Waals surface area contributed by atoms with Gasteiger partial charge in [0.25, 0.3) is 0 Å². The van der Waals surface area contributed by atoms with E-state index >= 15 is 0 Å². The number of hydrogen-bond donors (Lipinski definition) is 1. The fourth-order valence-corrected chi connectivity index (χ4v) is 1.35. The van der Waals surface area contributed by atoms with Crippen molar-refractivity contribution in [3.8, 4) is 0 Å². The Labute approximate surface area is 90.5 Å². The molecular weight excluding hydrogens is 250 g/mol. The number of nitrogens with two attached hydrogens (primary N) is 1. The number of furan rings is 1. The second-order valence-electron chi connectivity index (χ2n) is 2.76. The van der Waals surface area contributed by atoms with E-state index in [9.17, 15) is 4.79 Å². The van der Waals surface area contributed by atoms with Crippen LogP contribution in [0.25, 0.3) is 0 Å². The van der Waals surface area contributed by atoms with Crippen molar-refractivity contribution >= 4 is 21.9 Å². The van der Waals surface area contributed by atoms with Gasteiger partial charge in [-0.15, -0.1) is 0 Å². The van der Waals surface area contributed by atoms with Crippen LogP contribution in [0.5, 0.6) is 0 Å². The zero-order chi connectivity index (χ0) is 10.6. The van der Waals surface area contributed by atoms with E-state index < -0.39 is 6.04 Å². The third-order valence-electron chi connectivity index (χ3n) is 1.65. The molecule has 4 nitrogen and oxygen atoms in total. The molecule has 0 aliphatic heterocycles. The number of ether oxygens (including phenoxy) is 1. The van der Waals surface area contributed by atoms with Crippen LogP contribution < -0.4 is 5.73 Å². The average molecular weight is 262 g/mol. The molecule has 0 spiro atoms. The summed E-state index contributed by atoms with van der Waals surface area (Å²) in [5.74, 6) is 0.262. The number of hydrogen-bond acceptors (Lipinski definition) is 4. The maximum absolute atomic E-state index is 11.1. The fraction of sp³-hybridized carbons (Fsp3) is 0.444. The molecule has 78 valence electrons. The minimum atomic E-state index is -0.444. The summed E-state index contributed by atoms with van der Waals surface area (Å²) in [6, 6.07) is 3.02. The van der Waals surface area contributed by atoms with Gasteiger partial charge in [-0.2, -0.15) is 0 Å². The third kappa shape index (κ3) is 3.16. The summed E-state index contributed by atoms with van der Waals surface area (Å²) in [7, 11) is 0. The number of carbonyl (C=O) groups is 1. The summed E-state index contributed by atoms with van der Waals surface area (Å²) in [4.78, 5) is 11.1. The Morgan fingerprint density at radius 2 is 2.43 bits per heavy atom. The van der Waals surface area contributed by atoms with Gasteiger partial charge in [-0.1, -0.05) is 0 Å². The molecule has 2 N–H and O–H groups in total. The first kappa shape index (κ1) is 11.3. The Morgan fingerprint density at radius 3 is 2.93 bits per heavy atom. The van der Waals surface area contributed by atoms with E-state index in [1.165, 1.54) is 0 Å². The Hall–Kier alpha value is -0.810. The van der Waals surface area contributed by atoms with Crippen molar-refractivity contribution in [2.24, 2.45) is 5.73 Å². The van der Waals surface area contributed by atoms with E-state index in [0.717, 1.165) is 0 Å². The molecule has 0 aliphatic carbocycles. The molecule has 0 saturated heterocycles. The highest BCUT2D eigenvalue weighted by atomic mass is 79.9. The molecule has 1 aromatic rings.